The molecular formula is C15H9Br2ClO5. The first-order chi connectivity index (χ1) is 10.9. The maximum atomic E-state index is 11.8. The maximum absolute atomic E-state index is 11.8. The molecule has 23 heavy (non-hydrogen) atoms. The summed E-state index contributed by atoms with van der Waals surface area (Å²) in [5.41, 5.74) is 0.0783. The minimum atomic E-state index is -1.07. The van der Waals surface area contributed by atoms with Gasteiger partial charge in [0.15, 0.2) is 6.61 Å². The number of carbonyl (C=O) groups is 2. The fourth-order valence-electron chi connectivity index (χ4n) is 1.60. The van der Waals surface area contributed by atoms with E-state index in [9.17, 15) is 9.59 Å². The first-order valence-electron chi connectivity index (χ1n) is 6.18. The van der Waals surface area contributed by atoms with Crippen LogP contribution in [0, 0.1) is 0 Å². The molecule has 2 aromatic rings. The molecule has 0 unspecified atom stereocenters. The smallest absolute Gasteiger partial charge is 0.349 e. The lowest BCUT2D eigenvalue weighted by atomic mass is 10.2. The van der Waals surface area contributed by atoms with Crippen molar-refractivity contribution in [2.75, 3.05) is 6.61 Å². The zero-order valence-corrected chi connectivity index (χ0v) is 15.3. The number of esters is 1. The van der Waals surface area contributed by atoms with Gasteiger partial charge < -0.3 is 14.6 Å². The Morgan fingerprint density at radius 3 is 2.39 bits per heavy atom. The average molecular weight is 464 g/mol. The van der Waals surface area contributed by atoms with Crippen LogP contribution in [0.3, 0.4) is 0 Å². The Morgan fingerprint density at radius 1 is 1.09 bits per heavy atom. The minimum Gasteiger partial charge on any atom is -0.480 e. The molecule has 0 saturated heterocycles. The average Bonchev–Trinajstić information content (AvgIpc) is 2.48. The summed E-state index contributed by atoms with van der Waals surface area (Å²) in [6.45, 7) is -0.339. The lowest BCUT2D eigenvalue weighted by Crippen LogP contribution is -2.18. The SMILES string of the molecule is O=C(COc1ccc(Br)cc1Cl)Oc1ccc(C(=O)O)cc1Br. The molecule has 0 fully saturated rings. The van der Waals surface area contributed by atoms with Crippen LogP contribution in [0.15, 0.2) is 45.3 Å². The predicted molar refractivity (Wildman–Crippen MR) is 91.4 cm³/mol. The molecule has 2 rings (SSSR count). The van der Waals surface area contributed by atoms with Gasteiger partial charge in [-0.25, -0.2) is 9.59 Å². The van der Waals surface area contributed by atoms with Gasteiger partial charge in [0.1, 0.15) is 11.5 Å². The summed E-state index contributed by atoms with van der Waals surface area (Å²) in [6.07, 6.45) is 0. The van der Waals surface area contributed by atoms with Gasteiger partial charge in [0, 0.05) is 4.47 Å². The number of benzene rings is 2. The number of ether oxygens (including phenoxy) is 2. The molecule has 1 N–H and O–H groups in total. The normalized spacial score (nSPS) is 10.2. The van der Waals surface area contributed by atoms with Crippen LogP contribution in [0.25, 0.3) is 0 Å². The van der Waals surface area contributed by atoms with Gasteiger partial charge in [-0.1, -0.05) is 27.5 Å². The van der Waals surface area contributed by atoms with Crippen molar-refractivity contribution in [2.24, 2.45) is 0 Å². The second kappa shape index (κ2) is 7.81. The van der Waals surface area contributed by atoms with E-state index >= 15 is 0 Å². The van der Waals surface area contributed by atoms with Crippen LogP contribution < -0.4 is 9.47 Å². The quantitative estimate of drug-likeness (QED) is 0.519. The van der Waals surface area contributed by atoms with Crippen molar-refractivity contribution in [1.82, 2.24) is 0 Å². The molecule has 0 radical (unpaired) electrons. The Balaban J connectivity index is 1.98. The number of carboxylic acids is 1. The number of aromatic carboxylic acids is 1. The predicted octanol–water partition coefficient (Wildman–Crippen LogP) is 4.55. The summed E-state index contributed by atoms with van der Waals surface area (Å²) < 4.78 is 11.5. The van der Waals surface area contributed by atoms with Crippen molar-refractivity contribution in [1.29, 1.82) is 0 Å². The molecule has 2 aromatic carbocycles. The largest absolute Gasteiger partial charge is 0.480 e. The summed E-state index contributed by atoms with van der Waals surface area (Å²) in [4.78, 5) is 22.6. The number of carboxylic acid groups (broad SMARTS) is 1. The number of rotatable bonds is 5. The minimum absolute atomic E-state index is 0.0783. The van der Waals surface area contributed by atoms with E-state index in [1.165, 1.54) is 18.2 Å². The Labute approximate surface area is 153 Å². The summed E-state index contributed by atoms with van der Waals surface area (Å²) in [5, 5.41) is 9.23. The van der Waals surface area contributed by atoms with Crippen LogP contribution in [0.4, 0.5) is 0 Å². The molecule has 0 aromatic heterocycles. The third-order valence-corrected chi connectivity index (χ3v) is 4.05. The van der Waals surface area contributed by atoms with Crippen LogP contribution in [-0.2, 0) is 4.79 Å². The van der Waals surface area contributed by atoms with Gasteiger partial charge in [0.05, 0.1) is 15.1 Å². The third-order valence-electron chi connectivity index (χ3n) is 2.64. The molecule has 0 heterocycles. The molecule has 0 aliphatic heterocycles. The van der Waals surface area contributed by atoms with Gasteiger partial charge in [0.2, 0.25) is 0 Å². The highest BCUT2D eigenvalue weighted by molar-refractivity contribution is 9.10. The highest BCUT2D eigenvalue weighted by Crippen LogP contribution is 2.28. The molecule has 0 atom stereocenters. The molecule has 0 aliphatic carbocycles. The molecule has 0 amide bonds. The number of hydrogen-bond donors (Lipinski definition) is 1. The maximum Gasteiger partial charge on any atom is 0.349 e. The van der Waals surface area contributed by atoms with Gasteiger partial charge in [-0.05, 0) is 52.3 Å². The fraction of sp³-hybridized carbons (Fsp3) is 0.0667. The molecular weight excluding hydrogens is 455 g/mol. The van der Waals surface area contributed by atoms with E-state index in [0.29, 0.717) is 15.2 Å². The Morgan fingerprint density at radius 2 is 1.78 bits per heavy atom. The van der Waals surface area contributed by atoms with Crippen molar-refractivity contribution >= 4 is 55.4 Å². The molecule has 0 saturated carbocycles. The number of carbonyl (C=O) groups excluding carboxylic acids is 1. The summed E-state index contributed by atoms with van der Waals surface area (Å²) in [5.74, 6) is -1.16. The topological polar surface area (TPSA) is 72.8 Å². The molecule has 8 heteroatoms. The Kier molecular flexibility index (Phi) is 6.04. The zero-order chi connectivity index (χ0) is 17.0. The van der Waals surface area contributed by atoms with E-state index in [1.54, 1.807) is 18.2 Å². The van der Waals surface area contributed by atoms with Crippen LogP contribution in [0.5, 0.6) is 11.5 Å². The second-order valence-electron chi connectivity index (χ2n) is 4.29. The van der Waals surface area contributed by atoms with E-state index in [0.717, 1.165) is 4.47 Å². The fourth-order valence-corrected chi connectivity index (χ4v) is 2.79. The lowest BCUT2D eigenvalue weighted by molar-refractivity contribution is -0.136. The number of halogens is 3. The van der Waals surface area contributed by atoms with Gasteiger partial charge in [0.25, 0.3) is 0 Å². The van der Waals surface area contributed by atoms with E-state index in [-0.39, 0.29) is 17.9 Å². The van der Waals surface area contributed by atoms with Crippen LogP contribution >= 0.6 is 43.5 Å². The standard InChI is InChI=1S/C15H9Br2ClO5/c16-9-2-4-13(11(18)6-9)22-7-14(19)23-12-3-1-8(15(20)21)5-10(12)17/h1-6H,7H2,(H,20,21). The molecule has 0 spiro atoms. The van der Waals surface area contributed by atoms with Crippen molar-refractivity contribution in [3.63, 3.8) is 0 Å². The Bertz CT molecular complexity index is 764. The first-order valence-corrected chi connectivity index (χ1v) is 8.14. The van der Waals surface area contributed by atoms with E-state index in [4.69, 9.17) is 26.2 Å². The monoisotopic (exact) mass is 462 g/mol. The first kappa shape index (κ1) is 17.8. The molecule has 0 bridgehead atoms. The van der Waals surface area contributed by atoms with Gasteiger partial charge in [-0.2, -0.15) is 0 Å². The van der Waals surface area contributed by atoms with Crippen molar-refractivity contribution < 1.29 is 24.2 Å². The van der Waals surface area contributed by atoms with E-state index in [2.05, 4.69) is 31.9 Å². The van der Waals surface area contributed by atoms with Gasteiger partial charge in [-0.15, -0.1) is 0 Å². The molecule has 0 aliphatic rings. The Hall–Kier alpha value is -1.57. The van der Waals surface area contributed by atoms with Crippen LogP contribution in [0.1, 0.15) is 10.4 Å². The van der Waals surface area contributed by atoms with Crippen LogP contribution in [-0.4, -0.2) is 23.7 Å². The van der Waals surface area contributed by atoms with E-state index < -0.39 is 11.9 Å². The summed E-state index contributed by atoms with van der Waals surface area (Å²) in [6, 6.07) is 9.06. The van der Waals surface area contributed by atoms with Gasteiger partial charge >= 0.3 is 11.9 Å². The van der Waals surface area contributed by atoms with Crippen molar-refractivity contribution in [2.45, 2.75) is 0 Å². The highest BCUT2D eigenvalue weighted by atomic mass is 79.9. The summed E-state index contributed by atoms with van der Waals surface area (Å²) >= 11 is 12.4. The third kappa shape index (κ3) is 4.95. The molecule has 5 nitrogen and oxygen atoms in total. The van der Waals surface area contributed by atoms with Crippen LogP contribution in [0.2, 0.25) is 5.02 Å². The van der Waals surface area contributed by atoms with Crippen molar-refractivity contribution in [3.8, 4) is 11.5 Å². The highest BCUT2D eigenvalue weighted by Gasteiger charge is 2.12. The second-order valence-corrected chi connectivity index (χ2v) is 6.47. The van der Waals surface area contributed by atoms with Crippen molar-refractivity contribution in [3.05, 3.63) is 55.9 Å². The lowest BCUT2D eigenvalue weighted by Gasteiger charge is -2.09. The molecule has 120 valence electrons. The van der Waals surface area contributed by atoms with Gasteiger partial charge in [-0.3, -0.25) is 0 Å². The van der Waals surface area contributed by atoms with E-state index in [1.807, 2.05) is 0 Å². The zero-order valence-electron chi connectivity index (χ0n) is 11.4. The summed E-state index contributed by atoms with van der Waals surface area (Å²) in [7, 11) is 0. The number of hydrogen-bond acceptors (Lipinski definition) is 4.